The molecule has 0 heteroatoms. The zero-order valence-electron chi connectivity index (χ0n) is 19.5. The standard InChI is InChI=1S/C34H26/c1-23-11-15-25(16-12-23)27-19-21-33(31-9-5-3-7-29(27)31)34-22-20-28(26-17-13-24(2)14-18-26)30-8-4-6-10-32(30)34/h3-22H,1-2H3. The molecule has 0 spiro atoms. The Bertz CT molecular complexity index is 1510. The summed E-state index contributed by atoms with van der Waals surface area (Å²) in [4.78, 5) is 0. The van der Waals surface area contributed by atoms with Crippen LogP contribution in [0.3, 0.4) is 0 Å². The first kappa shape index (κ1) is 20.4. The summed E-state index contributed by atoms with van der Waals surface area (Å²) < 4.78 is 0. The van der Waals surface area contributed by atoms with Crippen LogP contribution in [-0.4, -0.2) is 0 Å². The smallest absolute Gasteiger partial charge is 0.00987 e. The molecule has 0 amide bonds. The molecule has 34 heavy (non-hydrogen) atoms. The summed E-state index contributed by atoms with van der Waals surface area (Å²) in [5, 5.41) is 5.15. The van der Waals surface area contributed by atoms with Crippen molar-refractivity contribution in [2.45, 2.75) is 13.8 Å². The molecule has 0 fully saturated rings. The number of hydrogen-bond donors (Lipinski definition) is 0. The average Bonchev–Trinajstić information content (AvgIpc) is 2.89. The van der Waals surface area contributed by atoms with Crippen molar-refractivity contribution in [1.82, 2.24) is 0 Å². The Kier molecular flexibility index (Phi) is 5.00. The molecule has 0 radical (unpaired) electrons. The van der Waals surface area contributed by atoms with Crippen molar-refractivity contribution < 1.29 is 0 Å². The predicted molar refractivity (Wildman–Crippen MR) is 147 cm³/mol. The normalized spacial score (nSPS) is 11.2. The molecular formula is C34H26. The van der Waals surface area contributed by atoms with Gasteiger partial charge in [-0.2, -0.15) is 0 Å². The van der Waals surface area contributed by atoms with Crippen LogP contribution in [0.5, 0.6) is 0 Å². The van der Waals surface area contributed by atoms with Crippen molar-refractivity contribution in [3.05, 3.63) is 132 Å². The van der Waals surface area contributed by atoms with Crippen LogP contribution in [-0.2, 0) is 0 Å². The Hall–Kier alpha value is -4.16. The van der Waals surface area contributed by atoms with E-state index in [9.17, 15) is 0 Å². The van der Waals surface area contributed by atoms with Gasteiger partial charge in [-0.05, 0) is 68.8 Å². The summed E-state index contributed by atoms with van der Waals surface area (Å²) >= 11 is 0. The van der Waals surface area contributed by atoms with E-state index in [-0.39, 0.29) is 0 Å². The third-order valence-electron chi connectivity index (χ3n) is 6.86. The van der Waals surface area contributed by atoms with Crippen LogP contribution in [0.15, 0.2) is 121 Å². The van der Waals surface area contributed by atoms with Gasteiger partial charge in [-0.1, -0.05) is 132 Å². The minimum atomic E-state index is 1.26. The molecule has 0 bridgehead atoms. The number of fused-ring (bicyclic) bond motifs is 2. The summed E-state index contributed by atoms with van der Waals surface area (Å²) in [7, 11) is 0. The van der Waals surface area contributed by atoms with Crippen LogP contribution in [0, 0.1) is 13.8 Å². The lowest BCUT2D eigenvalue weighted by Crippen LogP contribution is -1.89. The van der Waals surface area contributed by atoms with Gasteiger partial charge in [0.1, 0.15) is 0 Å². The number of benzene rings is 6. The predicted octanol–water partition coefficient (Wildman–Crippen LogP) is 9.61. The van der Waals surface area contributed by atoms with Gasteiger partial charge >= 0.3 is 0 Å². The third-order valence-corrected chi connectivity index (χ3v) is 6.86. The van der Waals surface area contributed by atoms with Gasteiger partial charge in [0, 0.05) is 0 Å². The lowest BCUT2D eigenvalue weighted by atomic mass is 9.88. The second-order valence-corrected chi connectivity index (χ2v) is 9.14. The molecule has 0 N–H and O–H groups in total. The summed E-state index contributed by atoms with van der Waals surface area (Å²) in [6.45, 7) is 4.27. The van der Waals surface area contributed by atoms with E-state index in [2.05, 4.69) is 135 Å². The lowest BCUT2D eigenvalue weighted by Gasteiger charge is -2.16. The number of hydrogen-bond acceptors (Lipinski definition) is 0. The molecule has 6 aromatic carbocycles. The van der Waals surface area contributed by atoms with Crippen LogP contribution < -0.4 is 0 Å². The van der Waals surface area contributed by atoms with Crippen LogP contribution in [0.4, 0.5) is 0 Å². The monoisotopic (exact) mass is 434 g/mol. The molecule has 0 aliphatic carbocycles. The first-order valence-electron chi connectivity index (χ1n) is 11.9. The molecule has 0 aliphatic heterocycles. The van der Waals surface area contributed by atoms with Crippen molar-refractivity contribution in [2.24, 2.45) is 0 Å². The highest BCUT2D eigenvalue weighted by atomic mass is 14.2. The molecule has 0 saturated heterocycles. The molecular weight excluding hydrogens is 408 g/mol. The van der Waals surface area contributed by atoms with E-state index in [0.717, 1.165) is 0 Å². The second-order valence-electron chi connectivity index (χ2n) is 9.14. The van der Waals surface area contributed by atoms with Gasteiger partial charge in [0.15, 0.2) is 0 Å². The Labute approximate surface area is 201 Å². The average molecular weight is 435 g/mol. The maximum absolute atomic E-state index is 2.30. The molecule has 0 atom stereocenters. The number of rotatable bonds is 3. The van der Waals surface area contributed by atoms with Crippen LogP contribution in [0.1, 0.15) is 11.1 Å². The van der Waals surface area contributed by atoms with Gasteiger partial charge in [0.2, 0.25) is 0 Å². The highest BCUT2D eigenvalue weighted by Crippen LogP contribution is 2.40. The Morgan fingerprint density at radius 3 is 0.941 bits per heavy atom. The molecule has 6 rings (SSSR count). The van der Waals surface area contributed by atoms with E-state index >= 15 is 0 Å². The molecule has 0 aromatic heterocycles. The van der Waals surface area contributed by atoms with Crippen molar-refractivity contribution in [3.8, 4) is 33.4 Å². The van der Waals surface area contributed by atoms with Crippen LogP contribution >= 0.6 is 0 Å². The molecule has 0 unspecified atom stereocenters. The lowest BCUT2D eigenvalue weighted by molar-refractivity contribution is 1.47. The zero-order chi connectivity index (χ0) is 23.1. The molecule has 0 nitrogen and oxygen atoms in total. The summed E-state index contributed by atoms with van der Waals surface area (Å²) in [6, 6.07) is 44.4. The largest absolute Gasteiger partial charge is 0.0616 e. The highest BCUT2D eigenvalue weighted by molar-refractivity contribution is 6.12. The quantitative estimate of drug-likeness (QED) is 0.260. The molecule has 0 aliphatic rings. The van der Waals surface area contributed by atoms with Gasteiger partial charge in [0.25, 0.3) is 0 Å². The minimum Gasteiger partial charge on any atom is -0.0616 e. The fourth-order valence-corrected chi connectivity index (χ4v) is 5.04. The van der Waals surface area contributed by atoms with Gasteiger partial charge in [-0.3, -0.25) is 0 Å². The first-order chi connectivity index (χ1) is 16.7. The summed E-state index contributed by atoms with van der Waals surface area (Å²) in [6.07, 6.45) is 0. The van der Waals surface area contributed by atoms with Gasteiger partial charge < -0.3 is 0 Å². The van der Waals surface area contributed by atoms with E-state index in [1.807, 2.05) is 0 Å². The molecule has 6 aromatic rings. The Balaban J connectivity index is 1.58. The van der Waals surface area contributed by atoms with E-state index in [1.165, 1.54) is 66.1 Å². The van der Waals surface area contributed by atoms with Crippen molar-refractivity contribution in [3.63, 3.8) is 0 Å². The van der Waals surface area contributed by atoms with Gasteiger partial charge in [-0.25, -0.2) is 0 Å². The van der Waals surface area contributed by atoms with E-state index in [4.69, 9.17) is 0 Å². The second kappa shape index (κ2) is 8.32. The topological polar surface area (TPSA) is 0 Å². The number of aryl methyl sites for hydroxylation is 2. The van der Waals surface area contributed by atoms with Gasteiger partial charge in [0.05, 0.1) is 0 Å². The van der Waals surface area contributed by atoms with Gasteiger partial charge in [-0.15, -0.1) is 0 Å². The molecule has 0 saturated carbocycles. The third kappa shape index (κ3) is 3.49. The summed E-state index contributed by atoms with van der Waals surface area (Å²) in [5.41, 5.74) is 10.2. The highest BCUT2D eigenvalue weighted by Gasteiger charge is 2.13. The van der Waals surface area contributed by atoms with E-state index < -0.39 is 0 Å². The fraction of sp³-hybridized carbons (Fsp3) is 0.0588. The fourth-order valence-electron chi connectivity index (χ4n) is 5.04. The Morgan fingerprint density at radius 2 is 0.588 bits per heavy atom. The molecule has 0 heterocycles. The van der Waals surface area contributed by atoms with Crippen LogP contribution in [0.25, 0.3) is 54.9 Å². The first-order valence-corrected chi connectivity index (χ1v) is 11.9. The Morgan fingerprint density at radius 1 is 0.294 bits per heavy atom. The van der Waals surface area contributed by atoms with E-state index in [0.29, 0.717) is 0 Å². The molecule has 162 valence electrons. The zero-order valence-corrected chi connectivity index (χ0v) is 19.5. The van der Waals surface area contributed by atoms with Crippen molar-refractivity contribution in [2.75, 3.05) is 0 Å². The van der Waals surface area contributed by atoms with Crippen molar-refractivity contribution >= 4 is 21.5 Å². The SMILES string of the molecule is Cc1ccc(-c2ccc(-c3ccc(-c4ccc(C)cc4)c4ccccc34)c3ccccc23)cc1. The summed E-state index contributed by atoms with van der Waals surface area (Å²) in [5.74, 6) is 0. The van der Waals surface area contributed by atoms with Crippen LogP contribution in [0.2, 0.25) is 0 Å². The maximum atomic E-state index is 2.30. The minimum absolute atomic E-state index is 1.26. The van der Waals surface area contributed by atoms with E-state index in [1.54, 1.807) is 0 Å². The maximum Gasteiger partial charge on any atom is -0.00987 e. The van der Waals surface area contributed by atoms with Crippen molar-refractivity contribution in [1.29, 1.82) is 0 Å².